The van der Waals surface area contributed by atoms with Crippen LogP contribution in [-0.4, -0.2) is 6.85 Å². The molecule has 12 aromatic carbocycles. The first kappa shape index (κ1) is 54.1. The Morgan fingerprint density at radius 2 is 0.890 bits per heavy atom. The molecule has 18 rings (SSSR count). The van der Waals surface area contributed by atoms with E-state index in [0.29, 0.717) is 0 Å². The van der Waals surface area contributed by atoms with E-state index in [1.807, 2.05) is 0 Å². The minimum absolute atomic E-state index is 0.0238. The van der Waals surface area contributed by atoms with Gasteiger partial charge in [-0.3, -0.25) is 0 Å². The molecule has 3 heterocycles. The highest BCUT2D eigenvalue weighted by Crippen LogP contribution is 2.66. The quantitative estimate of drug-likeness (QED) is 0.154. The Balaban J connectivity index is 1.000. The topological polar surface area (TPSA) is 9.72 Å². The van der Waals surface area contributed by atoms with E-state index in [1.54, 1.807) is 0 Å². The first-order valence-electron chi connectivity index (χ1n) is 32.9. The maximum absolute atomic E-state index is 2.89. The molecule has 0 N–H and O–H groups in total. The van der Waals surface area contributed by atoms with Crippen LogP contribution in [0, 0.1) is 20.8 Å². The largest absolute Gasteiger partial charge is 0.376 e. The van der Waals surface area contributed by atoms with Gasteiger partial charge in [0.2, 0.25) is 0 Å². The van der Waals surface area contributed by atoms with Crippen LogP contribution in [-0.2, 0) is 21.7 Å². The number of nitrogens with zero attached hydrogens (tertiary/aromatic N) is 3. The van der Waals surface area contributed by atoms with Gasteiger partial charge in [0.05, 0.1) is 11.1 Å². The first-order chi connectivity index (χ1) is 44.1. The summed E-state index contributed by atoms with van der Waals surface area (Å²) in [7, 11) is 0. The molecule has 0 radical (unpaired) electrons. The molecule has 6 aliphatic rings. The predicted molar refractivity (Wildman–Crippen MR) is 384 cm³/mol. The van der Waals surface area contributed by atoms with Crippen LogP contribution in [0.4, 0.5) is 45.5 Å². The lowest BCUT2D eigenvalue weighted by Gasteiger charge is -2.52. The summed E-state index contributed by atoms with van der Waals surface area (Å²) < 4.78 is 0. The van der Waals surface area contributed by atoms with Gasteiger partial charge in [-0.1, -0.05) is 242 Å². The Bertz CT molecular complexity index is 4970. The zero-order valence-corrected chi connectivity index (χ0v) is 53.5. The van der Waals surface area contributed by atoms with Crippen molar-refractivity contribution in [2.24, 2.45) is 0 Å². The third-order valence-electron chi connectivity index (χ3n) is 22.4. The van der Waals surface area contributed by atoms with Gasteiger partial charge in [-0.15, -0.1) is 0 Å². The smallest absolute Gasteiger partial charge is 0.333 e. The summed E-state index contributed by atoms with van der Waals surface area (Å²) >= 11 is 0. The van der Waals surface area contributed by atoms with Gasteiger partial charge in [0.1, 0.15) is 0 Å². The fourth-order valence-electron chi connectivity index (χ4n) is 18.0. The molecule has 0 atom stereocenters. The van der Waals surface area contributed by atoms with Gasteiger partial charge in [0.15, 0.2) is 0 Å². The molecule has 1 spiro atoms. The molecular formula is C87H72BN3. The molecule has 0 bridgehead atoms. The monoisotopic (exact) mass is 1170 g/mol. The van der Waals surface area contributed by atoms with Crippen LogP contribution < -0.4 is 25.5 Å². The molecule has 12 aromatic rings. The summed E-state index contributed by atoms with van der Waals surface area (Å²) in [5.74, 6) is 0. The Hall–Kier alpha value is -9.90. The highest BCUT2D eigenvalue weighted by atomic mass is 15.2. The number of hydrogen-bond acceptors (Lipinski definition) is 3. The van der Waals surface area contributed by atoms with Gasteiger partial charge in [0.25, 0.3) is 0 Å². The highest BCUT2D eigenvalue weighted by molar-refractivity contribution is 6.94. The molecule has 0 aromatic heterocycles. The average molecular weight is 1170 g/mol. The Kier molecular flexibility index (Phi) is 11.3. The van der Waals surface area contributed by atoms with Gasteiger partial charge in [0, 0.05) is 56.4 Å². The summed E-state index contributed by atoms with van der Waals surface area (Å²) in [6.45, 7) is 21.6. The van der Waals surface area contributed by atoms with E-state index in [0.717, 1.165) is 29.9 Å². The first-order valence-corrected chi connectivity index (χ1v) is 32.9. The van der Waals surface area contributed by atoms with Crippen molar-refractivity contribution in [3.8, 4) is 55.6 Å². The lowest BCUT2D eigenvalue weighted by Crippen LogP contribution is -2.63. The molecule has 3 nitrogen and oxygen atoms in total. The summed E-state index contributed by atoms with van der Waals surface area (Å²) in [5.41, 5.74) is 38.8. The fourth-order valence-corrected chi connectivity index (χ4v) is 18.0. The lowest BCUT2D eigenvalue weighted by molar-refractivity contribution is 0.332. The molecule has 3 aliphatic carbocycles. The van der Waals surface area contributed by atoms with Crippen molar-refractivity contribution in [3.63, 3.8) is 0 Å². The maximum atomic E-state index is 2.89. The van der Waals surface area contributed by atoms with Crippen molar-refractivity contribution in [3.05, 3.63) is 310 Å². The standard InChI is InChI=1S/C87H72BN3/c1-53-47-58(56-25-12-10-13-26-56)39-43-75(53)89(76-44-40-59(48-54(76)2)57-27-14-11-15-28-57)60-50-65-63-41-42-70-80(64-31-18-19-32-66(64)86(70,8)9)82(63)91(78-52-73-72(49-55(78)3)84(4,5)45-46-85(73,6)7)88-74-37-24-36-71-83(74)90(79(51-60)81(65)88)77-38-23-22-35-69(77)87(71)67-33-20-16-29-61(67)62-30-17-21-34-68(62)87/h10-44,47-52H,45-46H2,1-9H3. The van der Waals surface area contributed by atoms with Crippen molar-refractivity contribution < 1.29 is 0 Å². The number of anilines is 8. The van der Waals surface area contributed by atoms with Crippen molar-refractivity contribution in [2.45, 2.75) is 96.8 Å². The van der Waals surface area contributed by atoms with E-state index in [1.165, 1.54) is 156 Å². The number of rotatable bonds is 6. The number of hydrogen-bond donors (Lipinski definition) is 0. The predicted octanol–water partition coefficient (Wildman–Crippen LogP) is 21.5. The van der Waals surface area contributed by atoms with E-state index in [2.05, 4.69) is 326 Å². The SMILES string of the molecule is Cc1cc2c(cc1N1B3c4cccc5c4N(c4ccccc4C54c5ccccc5-c5ccccc54)c4cc(N(c5ccc(-c6ccccc6)cc5C)c5ccc(-c6ccccc6)cc5C)cc(c43)-c3ccc4c(c31)-c1ccccc1C4(C)C)C(C)(C)CCC2(C)C. The minimum atomic E-state index is -0.607. The van der Waals surface area contributed by atoms with Gasteiger partial charge in [-0.2, -0.15) is 0 Å². The van der Waals surface area contributed by atoms with Gasteiger partial charge < -0.3 is 14.6 Å². The third-order valence-corrected chi connectivity index (χ3v) is 22.4. The minimum Gasteiger partial charge on any atom is -0.376 e. The second-order valence-electron chi connectivity index (χ2n) is 28.7. The van der Waals surface area contributed by atoms with Crippen LogP contribution in [0.1, 0.15) is 116 Å². The molecule has 4 heteroatoms. The second kappa shape index (κ2) is 19.1. The van der Waals surface area contributed by atoms with Crippen LogP contribution in [0.15, 0.2) is 249 Å². The molecular weight excluding hydrogens is 1100 g/mol. The van der Waals surface area contributed by atoms with Crippen molar-refractivity contribution in [1.82, 2.24) is 0 Å². The summed E-state index contributed by atoms with van der Waals surface area (Å²) in [4.78, 5) is 8.21. The van der Waals surface area contributed by atoms with Crippen molar-refractivity contribution in [1.29, 1.82) is 0 Å². The van der Waals surface area contributed by atoms with Crippen LogP contribution in [0.2, 0.25) is 0 Å². The van der Waals surface area contributed by atoms with Gasteiger partial charge in [-0.25, -0.2) is 0 Å². The van der Waals surface area contributed by atoms with Crippen LogP contribution in [0.5, 0.6) is 0 Å². The van der Waals surface area contributed by atoms with Gasteiger partial charge >= 0.3 is 6.85 Å². The summed E-state index contributed by atoms with van der Waals surface area (Å²) in [6.07, 6.45) is 2.29. The van der Waals surface area contributed by atoms with Crippen LogP contribution >= 0.6 is 0 Å². The molecule has 0 saturated heterocycles. The van der Waals surface area contributed by atoms with Gasteiger partial charge in [-0.05, 0) is 210 Å². The third kappa shape index (κ3) is 7.34. The molecule has 0 saturated carbocycles. The van der Waals surface area contributed by atoms with E-state index >= 15 is 0 Å². The lowest BCUT2D eigenvalue weighted by atomic mass is 9.42. The highest BCUT2D eigenvalue weighted by Gasteiger charge is 2.57. The Morgan fingerprint density at radius 3 is 1.51 bits per heavy atom. The normalized spacial score (nSPS) is 16.2. The number of aryl methyl sites for hydroxylation is 3. The number of para-hydroxylation sites is 2. The zero-order valence-electron chi connectivity index (χ0n) is 53.5. The van der Waals surface area contributed by atoms with E-state index in [9.17, 15) is 0 Å². The molecule has 0 fully saturated rings. The van der Waals surface area contributed by atoms with Crippen molar-refractivity contribution in [2.75, 3.05) is 14.6 Å². The number of benzene rings is 12. The molecule has 0 unspecified atom stereocenters. The van der Waals surface area contributed by atoms with E-state index in [4.69, 9.17) is 0 Å². The summed E-state index contributed by atoms with van der Waals surface area (Å²) in [5, 5.41) is 0. The Labute approximate surface area is 537 Å². The zero-order chi connectivity index (χ0) is 61.6. The molecule has 91 heavy (non-hydrogen) atoms. The molecule has 0 amide bonds. The van der Waals surface area contributed by atoms with E-state index < -0.39 is 5.41 Å². The number of fused-ring (bicyclic) bond motifs is 18. The van der Waals surface area contributed by atoms with Crippen LogP contribution in [0.3, 0.4) is 0 Å². The average Bonchev–Trinajstić information content (AvgIpc) is 1.66. The van der Waals surface area contributed by atoms with Crippen LogP contribution in [0.25, 0.3) is 55.6 Å². The second-order valence-corrected chi connectivity index (χ2v) is 28.7. The van der Waals surface area contributed by atoms with Crippen molar-refractivity contribution >= 4 is 63.3 Å². The Morgan fingerprint density at radius 1 is 0.352 bits per heavy atom. The fraction of sp³-hybridized carbons (Fsp3) is 0.172. The maximum Gasteiger partial charge on any atom is 0.333 e. The van der Waals surface area contributed by atoms with E-state index in [-0.39, 0.29) is 23.1 Å². The summed E-state index contributed by atoms with van der Waals surface area (Å²) in [6, 6.07) is 96.1. The molecule has 438 valence electrons. The molecule has 3 aliphatic heterocycles.